The Morgan fingerprint density at radius 3 is 2.55 bits per heavy atom. The van der Waals surface area contributed by atoms with Gasteiger partial charge in [0.2, 0.25) is 0 Å². The topological polar surface area (TPSA) is 79.1 Å². The number of methoxy groups -OCH3 is 1. The van der Waals surface area contributed by atoms with Crippen LogP contribution in [0.25, 0.3) is 6.08 Å². The molecule has 0 amide bonds. The van der Waals surface area contributed by atoms with E-state index >= 15 is 0 Å². The Kier molecular flexibility index (Phi) is 7.97. The van der Waals surface area contributed by atoms with E-state index < -0.39 is 12.0 Å². The molecular formula is C29H26N2O5S2. The smallest absolute Gasteiger partial charge is 0.338 e. The number of fused-ring (bicyclic) bond motifs is 1. The van der Waals surface area contributed by atoms with Crippen molar-refractivity contribution in [2.24, 2.45) is 4.99 Å². The maximum Gasteiger partial charge on any atom is 0.338 e. The summed E-state index contributed by atoms with van der Waals surface area (Å²) in [5.74, 6) is 0.250. The molecule has 194 valence electrons. The predicted octanol–water partition coefficient (Wildman–Crippen LogP) is 4.07. The minimum Gasteiger partial charge on any atom is -0.489 e. The summed E-state index contributed by atoms with van der Waals surface area (Å²) in [7, 11) is 1.54. The number of thiophene rings is 1. The van der Waals surface area contributed by atoms with Crippen LogP contribution < -0.4 is 19.6 Å². The maximum absolute atomic E-state index is 13.7. The molecule has 1 aliphatic rings. The zero-order valence-corrected chi connectivity index (χ0v) is 22.6. The fourth-order valence-electron chi connectivity index (χ4n) is 4.15. The van der Waals surface area contributed by atoms with Crippen LogP contribution in [0.4, 0.5) is 0 Å². The van der Waals surface area contributed by atoms with E-state index in [2.05, 4.69) is 4.99 Å². The second kappa shape index (κ2) is 11.7. The van der Waals surface area contributed by atoms with Gasteiger partial charge in [0.25, 0.3) is 5.56 Å². The van der Waals surface area contributed by atoms with Crippen molar-refractivity contribution in [3.05, 3.63) is 119 Å². The number of carbonyl (C=O) groups excluding carboxylic acids is 1. The molecule has 3 heterocycles. The number of benzene rings is 2. The lowest BCUT2D eigenvalue weighted by Crippen LogP contribution is -2.39. The maximum atomic E-state index is 13.7. The number of rotatable bonds is 9. The standard InChI is InChI=1S/C29H26N2O5S2/c1-19-25(28(33)35-15-14-34-2)26(23-9-6-16-37-23)31-27(32)24(38-29(31)30-19)17-20-10-12-22(13-11-20)36-18-21-7-4-3-5-8-21/h3-13,16-17,26H,14-15,18H2,1-2H3. The summed E-state index contributed by atoms with van der Waals surface area (Å²) in [6, 6.07) is 20.8. The number of thiazole rings is 1. The number of hydrogen-bond donors (Lipinski definition) is 0. The first-order valence-corrected chi connectivity index (χ1v) is 13.7. The molecule has 1 unspecified atom stereocenters. The lowest BCUT2D eigenvalue weighted by Gasteiger charge is -2.23. The fraction of sp³-hybridized carbons (Fsp3) is 0.207. The van der Waals surface area contributed by atoms with E-state index in [0.29, 0.717) is 27.2 Å². The monoisotopic (exact) mass is 546 g/mol. The van der Waals surface area contributed by atoms with Crippen molar-refractivity contribution in [3.63, 3.8) is 0 Å². The summed E-state index contributed by atoms with van der Waals surface area (Å²) in [6.45, 7) is 2.67. The number of allylic oxidation sites excluding steroid dienone is 1. The Bertz CT molecular complexity index is 1620. The molecule has 0 bridgehead atoms. The number of hydrogen-bond acceptors (Lipinski definition) is 8. The molecule has 0 N–H and O–H groups in total. The molecule has 0 aliphatic carbocycles. The normalized spacial score (nSPS) is 15.2. The molecule has 0 spiro atoms. The largest absolute Gasteiger partial charge is 0.489 e. The highest BCUT2D eigenvalue weighted by Gasteiger charge is 2.34. The predicted molar refractivity (Wildman–Crippen MR) is 148 cm³/mol. The van der Waals surface area contributed by atoms with Gasteiger partial charge in [-0.2, -0.15) is 0 Å². The highest BCUT2D eigenvalue weighted by Crippen LogP contribution is 2.33. The molecule has 0 saturated carbocycles. The zero-order chi connectivity index (χ0) is 26.5. The molecule has 0 radical (unpaired) electrons. The van der Waals surface area contributed by atoms with Crippen LogP contribution in [0, 0.1) is 0 Å². The minimum absolute atomic E-state index is 0.124. The van der Waals surface area contributed by atoms with Crippen LogP contribution in [0.3, 0.4) is 0 Å². The summed E-state index contributed by atoms with van der Waals surface area (Å²) in [5, 5.41) is 1.93. The Morgan fingerprint density at radius 1 is 1.05 bits per heavy atom. The molecular weight excluding hydrogens is 520 g/mol. The van der Waals surface area contributed by atoms with Crippen molar-refractivity contribution in [2.75, 3.05) is 20.3 Å². The first-order chi connectivity index (χ1) is 18.5. The van der Waals surface area contributed by atoms with Gasteiger partial charge in [-0.15, -0.1) is 11.3 Å². The van der Waals surface area contributed by atoms with Gasteiger partial charge in [-0.25, -0.2) is 9.79 Å². The van der Waals surface area contributed by atoms with Crippen molar-refractivity contribution < 1.29 is 19.0 Å². The van der Waals surface area contributed by atoms with Crippen LogP contribution >= 0.6 is 22.7 Å². The van der Waals surface area contributed by atoms with Crippen molar-refractivity contribution in [1.29, 1.82) is 0 Å². The second-order valence-electron chi connectivity index (χ2n) is 8.57. The number of carbonyl (C=O) groups is 1. The van der Waals surface area contributed by atoms with E-state index in [1.807, 2.05) is 78.2 Å². The van der Waals surface area contributed by atoms with Crippen molar-refractivity contribution >= 4 is 34.7 Å². The number of nitrogens with zero attached hydrogens (tertiary/aromatic N) is 2. The van der Waals surface area contributed by atoms with E-state index in [1.165, 1.54) is 22.7 Å². The quantitative estimate of drug-likeness (QED) is 0.234. The van der Waals surface area contributed by atoms with Crippen LogP contribution in [0.2, 0.25) is 0 Å². The van der Waals surface area contributed by atoms with Crippen molar-refractivity contribution in [1.82, 2.24) is 4.57 Å². The summed E-state index contributed by atoms with van der Waals surface area (Å²) >= 11 is 2.79. The molecule has 38 heavy (non-hydrogen) atoms. The summed E-state index contributed by atoms with van der Waals surface area (Å²) in [6.07, 6.45) is 1.84. The third kappa shape index (κ3) is 5.55. The average Bonchev–Trinajstić information content (AvgIpc) is 3.57. The lowest BCUT2D eigenvalue weighted by molar-refractivity contribution is -0.140. The average molecular weight is 547 g/mol. The molecule has 9 heteroatoms. The fourth-order valence-corrected chi connectivity index (χ4v) is 6.02. The number of ether oxygens (including phenoxy) is 3. The molecule has 0 fully saturated rings. The number of esters is 1. The lowest BCUT2D eigenvalue weighted by atomic mass is 10.0. The van der Waals surface area contributed by atoms with Crippen LogP contribution in [0.5, 0.6) is 5.75 Å². The molecule has 2 aromatic heterocycles. The van der Waals surface area contributed by atoms with Gasteiger partial charge in [-0.3, -0.25) is 9.36 Å². The van der Waals surface area contributed by atoms with Crippen molar-refractivity contribution in [2.45, 2.75) is 19.6 Å². The molecule has 7 nitrogen and oxygen atoms in total. The third-order valence-corrected chi connectivity index (χ3v) is 7.91. The Morgan fingerprint density at radius 2 is 1.84 bits per heavy atom. The van der Waals surface area contributed by atoms with E-state index in [9.17, 15) is 9.59 Å². The molecule has 1 atom stereocenters. The molecule has 5 rings (SSSR count). The van der Waals surface area contributed by atoms with E-state index in [4.69, 9.17) is 14.2 Å². The van der Waals surface area contributed by atoms with E-state index in [0.717, 1.165) is 21.8 Å². The van der Waals surface area contributed by atoms with Gasteiger partial charge < -0.3 is 14.2 Å². The third-order valence-electron chi connectivity index (χ3n) is 6.00. The van der Waals surface area contributed by atoms with Crippen LogP contribution in [0.1, 0.15) is 29.0 Å². The van der Waals surface area contributed by atoms with Crippen LogP contribution in [-0.2, 0) is 20.9 Å². The minimum atomic E-state index is -0.600. The zero-order valence-electron chi connectivity index (χ0n) is 21.0. The number of aromatic nitrogens is 1. The van der Waals surface area contributed by atoms with Crippen LogP contribution in [-0.4, -0.2) is 30.9 Å². The van der Waals surface area contributed by atoms with Gasteiger partial charge in [-0.05, 0) is 47.7 Å². The molecule has 4 aromatic rings. The second-order valence-corrected chi connectivity index (χ2v) is 10.6. The first-order valence-electron chi connectivity index (χ1n) is 12.0. The van der Waals surface area contributed by atoms with Gasteiger partial charge in [0, 0.05) is 12.0 Å². The summed E-state index contributed by atoms with van der Waals surface area (Å²) < 4.78 is 18.4. The van der Waals surface area contributed by atoms with Crippen LogP contribution in [0.15, 0.2) is 93.2 Å². The van der Waals surface area contributed by atoms with E-state index in [1.54, 1.807) is 18.6 Å². The van der Waals surface area contributed by atoms with E-state index in [-0.39, 0.29) is 18.8 Å². The Balaban J connectivity index is 1.45. The van der Waals surface area contributed by atoms with Crippen molar-refractivity contribution in [3.8, 4) is 5.75 Å². The Hall–Kier alpha value is -3.79. The summed E-state index contributed by atoms with van der Waals surface area (Å²) in [5.41, 5.74) is 2.66. The van der Waals surface area contributed by atoms with Gasteiger partial charge >= 0.3 is 5.97 Å². The Labute approximate surface area is 227 Å². The summed E-state index contributed by atoms with van der Waals surface area (Å²) in [4.78, 5) is 32.7. The SMILES string of the molecule is COCCOC(=O)C1=C(C)N=c2sc(=Cc3ccc(OCc4ccccc4)cc3)c(=O)n2C1c1cccs1. The highest BCUT2D eigenvalue weighted by atomic mass is 32.1. The first kappa shape index (κ1) is 25.8. The highest BCUT2D eigenvalue weighted by molar-refractivity contribution is 7.10. The molecule has 0 saturated heterocycles. The van der Waals surface area contributed by atoms with Gasteiger partial charge in [0.15, 0.2) is 4.80 Å². The van der Waals surface area contributed by atoms with Gasteiger partial charge in [-0.1, -0.05) is 59.9 Å². The van der Waals surface area contributed by atoms with Gasteiger partial charge in [0.1, 0.15) is 25.0 Å². The molecule has 1 aliphatic heterocycles. The molecule has 2 aromatic carbocycles. The van der Waals surface area contributed by atoms with Gasteiger partial charge in [0.05, 0.1) is 22.4 Å².